The summed E-state index contributed by atoms with van der Waals surface area (Å²) in [5.74, 6) is -0.264. The predicted octanol–water partition coefficient (Wildman–Crippen LogP) is 5.75. The van der Waals surface area contributed by atoms with Gasteiger partial charge in [-0.25, -0.2) is 0 Å². The number of hydrogen-bond acceptors (Lipinski definition) is 2. The largest absolute Gasteiger partial charge is 0.416 e. The number of likely N-dealkylation sites (tertiary alicyclic amines) is 1. The van der Waals surface area contributed by atoms with Crippen molar-refractivity contribution in [1.29, 1.82) is 0 Å². The molecule has 31 heavy (non-hydrogen) atoms. The summed E-state index contributed by atoms with van der Waals surface area (Å²) in [4.78, 5) is 15.6. The van der Waals surface area contributed by atoms with E-state index in [9.17, 15) is 18.0 Å². The van der Waals surface area contributed by atoms with E-state index in [4.69, 9.17) is 0 Å². The molecule has 0 aromatic heterocycles. The fourth-order valence-electron chi connectivity index (χ4n) is 4.72. The second-order valence-electron chi connectivity index (χ2n) is 8.67. The van der Waals surface area contributed by atoms with Gasteiger partial charge in [0.15, 0.2) is 0 Å². The molecule has 2 aromatic rings. The van der Waals surface area contributed by atoms with Gasteiger partial charge in [0.05, 0.1) is 11.1 Å². The van der Waals surface area contributed by atoms with Crippen molar-refractivity contribution in [3.05, 3.63) is 70.8 Å². The third kappa shape index (κ3) is 4.90. The summed E-state index contributed by atoms with van der Waals surface area (Å²) in [6.45, 7) is 1.63. The van der Waals surface area contributed by atoms with Crippen LogP contribution in [0.5, 0.6) is 0 Å². The van der Waals surface area contributed by atoms with E-state index in [0.717, 1.165) is 50.3 Å². The maximum Gasteiger partial charge on any atom is 0.416 e. The molecule has 0 bridgehead atoms. The summed E-state index contributed by atoms with van der Waals surface area (Å²) >= 11 is 0. The van der Waals surface area contributed by atoms with Crippen LogP contribution in [0, 0.1) is 0 Å². The molecule has 1 saturated carbocycles. The van der Waals surface area contributed by atoms with Gasteiger partial charge in [0.1, 0.15) is 0 Å². The lowest BCUT2D eigenvalue weighted by Gasteiger charge is -2.43. The van der Waals surface area contributed by atoms with Gasteiger partial charge in [0.25, 0.3) is 5.91 Å². The van der Waals surface area contributed by atoms with Crippen molar-refractivity contribution in [2.75, 3.05) is 20.1 Å². The van der Waals surface area contributed by atoms with Crippen LogP contribution in [0.3, 0.4) is 0 Å². The summed E-state index contributed by atoms with van der Waals surface area (Å²) in [5, 5.41) is 3.24. The quantitative estimate of drug-likeness (QED) is 0.641. The van der Waals surface area contributed by atoms with Crippen LogP contribution in [-0.2, 0) is 11.7 Å². The van der Waals surface area contributed by atoms with E-state index in [2.05, 4.69) is 10.2 Å². The number of alkyl halides is 3. The van der Waals surface area contributed by atoms with E-state index in [1.165, 1.54) is 12.1 Å². The Morgan fingerprint density at radius 1 is 1.10 bits per heavy atom. The average molecular weight is 453 g/mol. The minimum absolute atomic E-state index is 0. The van der Waals surface area contributed by atoms with Crippen molar-refractivity contribution in [2.24, 2.45) is 0 Å². The average Bonchev–Trinajstić information content (AvgIpc) is 2.66. The molecule has 3 nitrogen and oxygen atoms in total. The molecule has 1 atom stereocenters. The molecule has 0 spiro atoms. The van der Waals surface area contributed by atoms with Gasteiger partial charge in [-0.2, -0.15) is 13.2 Å². The molecule has 1 unspecified atom stereocenters. The standard InChI is InChI=1S/C24H27F3N2O.ClH/c1-29-14-6-13-23(16-29,18-9-3-2-4-10-18)28-22(30)20-12-11-19(24(25,26)27)15-21(20)17-7-5-8-17;/h2-4,9-12,15,17H,5-8,13-14,16H2,1H3,(H,28,30);1H. The number of nitrogens with one attached hydrogen (secondary N) is 1. The highest BCUT2D eigenvalue weighted by molar-refractivity contribution is 5.96. The Kier molecular flexibility index (Phi) is 7.01. The first-order valence-electron chi connectivity index (χ1n) is 10.6. The van der Waals surface area contributed by atoms with Crippen molar-refractivity contribution in [2.45, 2.75) is 49.7 Å². The van der Waals surface area contributed by atoms with E-state index in [0.29, 0.717) is 17.7 Å². The number of piperidine rings is 1. The van der Waals surface area contributed by atoms with E-state index >= 15 is 0 Å². The first-order valence-corrected chi connectivity index (χ1v) is 10.6. The first kappa shape index (κ1) is 23.6. The molecule has 2 fully saturated rings. The van der Waals surface area contributed by atoms with E-state index in [1.807, 2.05) is 37.4 Å². The predicted molar refractivity (Wildman–Crippen MR) is 118 cm³/mol. The topological polar surface area (TPSA) is 32.3 Å². The van der Waals surface area contributed by atoms with Gasteiger partial charge in [0, 0.05) is 12.1 Å². The Balaban J connectivity index is 0.00000272. The maximum atomic E-state index is 13.4. The summed E-state index contributed by atoms with van der Waals surface area (Å²) in [7, 11) is 2.03. The van der Waals surface area contributed by atoms with Gasteiger partial charge in [-0.15, -0.1) is 12.4 Å². The number of benzene rings is 2. The molecular formula is C24H28ClF3N2O. The van der Waals surface area contributed by atoms with Crippen LogP contribution in [0.2, 0.25) is 0 Å². The lowest BCUT2D eigenvalue weighted by Crippen LogP contribution is -2.55. The van der Waals surface area contributed by atoms with Crippen molar-refractivity contribution < 1.29 is 18.0 Å². The minimum atomic E-state index is -4.41. The Hall–Kier alpha value is -2.05. The lowest BCUT2D eigenvalue weighted by atomic mass is 9.77. The van der Waals surface area contributed by atoms with E-state index < -0.39 is 17.3 Å². The Bertz CT molecular complexity index is 915. The van der Waals surface area contributed by atoms with Gasteiger partial charge in [-0.05, 0) is 74.5 Å². The van der Waals surface area contributed by atoms with Crippen LogP contribution in [0.15, 0.2) is 48.5 Å². The highest BCUT2D eigenvalue weighted by Crippen LogP contribution is 2.41. The second kappa shape index (κ2) is 9.21. The maximum absolute atomic E-state index is 13.4. The van der Waals surface area contributed by atoms with Crippen molar-refractivity contribution in [3.63, 3.8) is 0 Å². The molecule has 2 aromatic carbocycles. The van der Waals surface area contributed by atoms with Crippen molar-refractivity contribution in [3.8, 4) is 0 Å². The van der Waals surface area contributed by atoms with E-state index in [1.54, 1.807) is 0 Å². The van der Waals surface area contributed by atoms with E-state index in [-0.39, 0.29) is 24.2 Å². The molecule has 2 aliphatic rings. The number of nitrogens with zero attached hydrogens (tertiary/aromatic N) is 1. The zero-order chi connectivity index (χ0) is 21.4. The zero-order valence-electron chi connectivity index (χ0n) is 17.5. The minimum Gasteiger partial charge on any atom is -0.341 e. The highest BCUT2D eigenvalue weighted by Gasteiger charge is 2.39. The van der Waals surface area contributed by atoms with Gasteiger partial charge in [0.2, 0.25) is 0 Å². The SMILES string of the molecule is CN1CCCC(NC(=O)c2ccc(C(F)(F)F)cc2C2CCC2)(c2ccccc2)C1.Cl. The Morgan fingerprint density at radius 3 is 2.39 bits per heavy atom. The highest BCUT2D eigenvalue weighted by atomic mass is 35.5. The number of carbonyl (C=O) groups excluding carboxylic acids is 1. The molecule has 4 rings (SSSR count). The molecule has 1 saturated heterocycles. The van der Waals surface area contributed by atoms with Crippen molar-refractivity contribution >= 4 is 18.3 Å². The molecule has 0 radical (unpaired) electrons. The van der Waals surface area contributed by atoms with Crippen LogP contribution in [0.25, 0.3) is 0 Å². The Labute approximate surface area is 187 Å². The van der Waals surface area contributed by atoms with Crippen LogP contribution >= 0.6 is 12.4 Å². The number of rotatable bonds is 4. The van der Waals surface area contributed by atoms with Gasteiger partial charge in [-0.1, -0.05) is 36.8 Å². The molecule has 1 aliphatic heterocycles. The monoisotopic (exact) mass is 452 g/mol. The molecule has 7 heteroatoms. The van der Waals surface area contributed by atoms with Crippen LogP contribution in [0.1, 0.15) is 65.1 Å². The summed E-state index contributed by atoms with van der Waals surface area (Å²) < 4.78 is 39.8. The normalized spacial score (nSPS) is 22.3. The Morgan fingerprint density at radius 2 is 1.81 bits per heavy atom. The second-order valence-corrected chi connectivity index (χ2v) is 8.67. The number of halogens is 4. The number of likely N-dealkylation sites (N-methyl/N-ethyl adjacent to an activating group) is 1. The van der Waals surface area contributed by atoms with Crippen LogP contribution < -0.4 is 5.32 Å². The van der Waals surface area contributed by atoms with Crippen LogP contribution in [-0.4, -0.2) is 30.9 Å². The van der Waals surface area contributed by atoms with Gasteiger partial charge in [-0.3, -0.25) is 4.79 Å². The summed E-state index contributed by atoms with van der Waals surface area (Å²) in [5.41, 5.74) is 0.695. The molecule has 1 N–H and O–H groups in total. The molecule has 1 heterocycles. The number of amides is 1. The zero-order valence-corrected chi connectivity index (χ0v) is 18.4. The van der Waals surface area contributed by atoms with Gasteiger partial charge < -0.3 is 10.2 Å². The molecule has 1 amide bonds. The fourth-order valence-corrected chi connectivity index (χ4v) is 4.72. The van der Waals surface area contributed by atoms with Crippen LogP contribution in [0.4, 0.5) is 13.2 Å². The lowest BCUT2D eigenvalue weighted by molar-refractivity contribution is -0.137. The third-order valence-corrected chi connectivity index (χ3v) is 6.53. The molecule has 168 valence electrons. The van der Waals surface area contributed by atoms with Crippen molar-refractivity contribution in [1.82, 2.24) is 10.2 Å². The number of carbonyl (C=O) groups is 1. The fraction of sp³-hybridized carbons (Fsp3) is 0.458. The summed E-state index contributed by atoms with van der Waals surface area (Å²) in [6, 6.07) is 13.4. The number of hydrogen-bond donors (Lipinski definition) is 1. The third-order valence-electron chi connectivity index (χ3n) is 6.53. The summed E-state index contributed by atoms with van der Waals surface area (Å²) in [6.07, 6.45) is -0.0332. The van der Waals surface area contributed by atoms with Gasteiger partial charge >= 0.3 is 6.18 Å². The first-order chi connectivity index (χ1) is 14.3. The molecular weight excluding hydrogens is 425 g/mol. The smallest absolute Gasteiger partial charge is 0.341 e. The molecule has 1 aliphatic carbocycles.